The molecule has 5 rings (SSSR count). The lowest BCUT2D eigenvalue weighted by Crippen LogP contribution is -2.24. The number of benzene rings is 3. The smallest absolute Gasteiger partial charge is 0.308 e. The van der Waals surface area contributed by atoms with Gasteiger partial charge in [-0.05, 0) is 66.9 Å². The molecule has 0 atom stereocenters. The topological polar surface area (TPSA) is 88.5 Å². The molecule has 0 unspecified atom stereocenters. The maximum absolute atomic E-state index is 13.2. The molecule has 1 N–H and O–H groups in total. The zero-order valence-electron chi connectivity index (χ0n) is 18.8. The van der Waals surface area contributed by atoms with Crippen molar-refractivity contribution in [2.24, 2.45) is 0 Å². The minimum absolute atomic E-state index is 0.0385. The van der Waals surface area contributed by atoms with Gasteiger partial charge in [0, 0.05) is 23.7 Å². The number of rotatable bonds is 6. The van der Waals surface area contributed by atoms with Crippen LogP contribution in [0.1, 0.15) is 24.0 Å². The van der Waals surface area contributed by atoms with E-state index in [0.29, 0.717) is 46.1 Å². The highest BCUT2D eigenvalue weighted by Gasteiger charge is 2.24. The summed E-state index contributed by atoms with van der Waals surface area (Å²) in [6, 6.07) is 17.1. The molecule has 0 radical (unpaired) electrons. The summed E-state index contributed by atoms with van der Waals surface area (Å²) in [5.41, 5.74) is 3.57. The first kappa shape index (κ1) is 23.6. The Bertz CT molecular complexity index is 1610. The van der Waals surface area contributed by atoms with Crippen LogP contribution in [-0.2, 0) is 21.4 Å². The maximum Gasteiger partial charge on any atom is 0.308 e. The summed E-state index contributed by atoms with van der Waals surface area (Å²) < 4.78 is 31.1. The summed E-state index contributed by atoms with van der Waals surface area (Å²) in [7, 11) is -3.91. The van der Waals surface area contributed by atoms with Gasteiger partial charge in [0.15, 0.2) is 0 Å². The van der Waals surface area contributed by atoms with Gasteiger partial charge in [-0.25, -0.2) is 8.42 Å². The molecule has 1 aliphatic rings. The molecule has 1 amide bonds. The maximum atomic E-state index is 13.2. The number of anilines is 2. The third-order valence-corrected chi connectivity index (χ3v) is 8.60. The fourth-order valence-electron chi connectivity index (χ4n) is 4.22. The van der Waals surface area contributed by atoms with Crippen LogP contribution >= 0.6 is 22.9 Å². The number of hydrogen-bond acceptors (Lipinski definition) is 5. The highest BCUT2D eigenvalue weighted by molar-refractivity contribution is 7.92. The van der Waals surface area contributed by atoms with E-state index in [9.17, 15) is 18.0 Å². The first-order chi connectivity index (χ1) is 16.7. The highest BCUT2D eigenvalue weighted by Crippen LogP contribution is 2.30. The molecule has 0 spiro atoms. The molecular formula is C25H22ClN3O4S2. The molecular weight excluding hydrogens is 506 g/mol. The van der Waals surface area contributed by atoms with E-state index in [1.165, 1.54) is 12.1 Å². The predicted molar refractivity (Wildman–Crippen MR) is 140 cm³/mol. The zero-order valence-corrected chi connectivity index (χ0v) is 21.2. The lowest BCUT2D eigenvalue weighted by Gasteiger charge is -2.19. The number of aryl methyl sites for hydroxylation is 1. The fraction of sp³-hybridized carbons (Fsp3) is 0.200. The molecule has 10 heteroatoms. The highest BCUT2D eigenvalue weighted by atomic mass is 35.5. The van der Waals surface area contributed by atoms with Crippen molar-refractivity contribution < 1.29 is 13.2 Å². The van der Waals surface area contributed by atoms with Crippen LogP contribution in [0.2, 0.25) is 5.02 Å². The van der Waals surface area contributed by atoms with Gasteiger partial charge in [0.25, 0.3) is 10.0 Å². The Labute approximate surface area is 211 Å². The summed E-state index contributed by atoms with van der Waals surface area (Å²) in [4.78, 5) is 26.4. The van der Waals surface area contributed by atoms with E-state index in [2.05, 4.69) is 4.72 Å². The summed E-state index contributed by atoms with van der Waals surface area (Å²) in [6.45, 7) is 2.88. The Morgan fingerprint density at radius 2 is 1.80 bits per heavy atom. The van der Waals surface area contributed by atoms with E-state index in [1.807, 2.05) is 19.1 Å². The van der Waals surface area contributed by atoms with Crippen LogP contribution in [0, 0.1) is 6.92 Å². The normalized spacial score (nSPS) is 14.1. The van der Waals surface area contributed by atoms with Crippen LogP contribution < -0.4 is 14.5 Å². The summed E-state index contributed by atoms with van der Waals surface area (Å²) in [6.07, 6.45) is 1.28. The van der Waals surface area contributed by atoms with Crippen LogP contribution in [-0.4, -0.2) is 25.4 Å². The second-order valence-electron chi connectivity index (χ2n) is 8.47. The number of aromatic nitrogens is 1. The van der Waals surface area contributed by atoms with Crippen LogP contribution in [0.3, 0.4) is 0 Å². The number of halogens is 1. The number of nitrogens with one attached hydrogen (secondary N) is 1. The molecule has 7 nitrogen and oxygen atoms in total. The van der Waals surface area contributed by atoms with Gasteiger partial charge >= 0.3 is 4.87 Å². The SMILES string of the molecule is Cc1ccc(NS(=O)(=O)c2ccc3c(c2)sc(=O)n3Cc2ccc(Cl)cc2)cc1N1CCCC1=O. The number of carbonyl (C=O) groups excluding carboxylic acids is 1. The lowest BCUT2D eigenvalue weighted by molar-refractivity contribution is -0.117. The van der Waals surface area contributed by atoms with Gasteiger partial charge in [0.1, 0.15) is 0 Å². The van der Waals surface area contributed by atoms with Crippen LogP contribution in [0.4, 0.5) is 11.4 Å². The second-order valence-corrected chi connectivity index (χ2v) is 11.6. The van der Waals surface area contributed by atoms with E-state index in [0.717, 1.165) is 28.9 Å². The van der Waals surface area contributed by atoms with Gasteiger partial charge in [-0.3, -0.25) is 18.9 Å². The number of nitrogens with zero attached hydrogens (tertiary/aromatic N) is 2. The molecule has 180 valence electrons. The molecule has 4 aromatic rings. The number of thiazole rings is 1. The summed E-state index contributed by atoms with van der Waals surface area (Å²) >= 11 is 6.95. The van der Waals surface area contributed by atoms with Crippen molar-refractivity contribution in [2.45, 2.75) is 31.2 Å². The number of hydrogen-bond donors (Lipinski definition) is 1. The largest absolute Gasteiger partial charge is 0.312 e. The van der Waals surface area contributed by atoms with Crippen molar-refractivity contribution in [3.8, 4) is 0 Å². The van der Waals surface area contributed by atoms with Crippen molar-refractivity contribution in [1.29, 1.82) is 0 Å². The molecule has 0 bridgehead atoms. The molecule has 1 aliphatic heterocycles. The fourth-order valence-corrected chi connectivity index (χ4v) is 6.42. The third kappa shape index (κ3) is 4.71. The van der Waals surface area contributed by atoms with Crippen molar-refractivity contribution in [3.63, 3.8) is 0 Å². The van der Waals surface area contributed by atoms with E-state index < -0.39 is 10.0 Å². The van der Waals surface area contributed by atoms with Gasteiger partial charge in [0.05, 0.1) is 27.3 Å². The van der Waals surface area contributed by atoms with Gasteiger partial charge in [-0.2, -0.15) is 0 Å². The summed E-state index contributed by atoms with van der Waals surface area (Å²) in [5, 5.41) is 0.617. The minimum atomic E-state index is -3.91. The Balaban J connectivity index is 1.43. The molecule has 1 aromatic heterocycles. The second kappa shape index (κ2) is 9.14. The molecule has 0 aliphatic carbocycles. The monoisotopic (exact) mass is 527 g/mol. The van der Waals surface area contributed by atoms with Crippen molar-refractivity contribution in [1.82, 2.24) is 4.57 Å². The van der Waals surface area contributed by atoms with Crippen LogP contribution in [0.5, 0.6) is 0 Å². The quantitative estimate of drug-likeness (QED) is 0.382. The Morgan fingerprint density at radius 1 is 1.03 bits per heavy atom. The average molecular weight is 528 g/mol. The third-order valence-electron chi connectivity index (χ3n) is 6.03. The van der Waals surface area contributed by atoms with Crippen LogP contribution in [0.25, 0.3) is 10.2 Å². The first-order valence-corrected chi connectivity index (χ1v) is 13.7. The Morgan fingerprint density at radius 3 is 2.51 bits per heavy atom. The molecule has 2 heterocycles. The number of carbonyl (C=O) groups is 1. The minimum Gasteiger partial charge on any atom is -0.312 e. The lowest BCUT2D eigenvalue weighted by atomic mass is 10.1. The van der Waals surface area contributed by atoms with E-state index in [4.69, 9.17) is 11.6 Å². The van der Waals surface area contributed by atoms with Crippen LogP contribution in [0.15, 0.2) is 70.4 Å². The average Bonchev–Trinajstić information content (AvgIpc) is 3.38. The Kier molecular flexibility index (Phi) is 6.16. The molecule has 3 aromatic carbocycles. The molecule has 0 saturated carbocycles. The van der Waals surface area contributed by atoms with Gasteiger partial charge in [-0.1, -0.05) is 41.1 Å². The first-order valence-electron chi connectivity index (χ1n) is 11.0. The predicted octanol–water partition coefficient (Wildman–Crippen LogP) is 5.00. The molecule has 1 fully saturated rings. The van der Waals surface area contributed by atoms with Gasteiger partial charge in [-0.15, -0.1) is 0 Å². The van der Waals surface area contributed by atoms with Gasteiger partial charge in [0.2, 0.25) is 5.91 Å². The number of fused-ring (bicyclic) bond motifs is 1. The van der Waals surface area contributed by atoms with Gasteiger partial charge < -0.3 is 4.90 Å². The van der Waals surface area contributed by atoms with Crippen molar-refractivity contribution in [3.05, 3.63) is 86.5 Å². The number of amides is 1. The molecule has 1 saturated heterocycles. The zero-order chi connectivity index (χ0) is 24.7. The summed E-state index contributed by atoms with van der Waals surface area (Å²) in [5.74, 6) is 0.0385. The standard InChI is InChI=1S/C25H22ClN3O4S2/c1-16-4-9-19(13-22(16)28-12-2-3-24(28)30)27-35(32,33)20-10-11-21-23(14-20)34-25(31)29(21)15-17-5-7-18(26)8-6-17/h4-11,13-14,27H,2-3,12,15H2,1H3. The molecule has 35 heavy (non-hydrogen) atoms. The van der Waals surface area contributed by atoms with E-state index in [1.54, 1.807) is 45.9 Å². The van der Waals surface area contributed by atoms with E-state index in [-0.39, 0.29) is 15.7 Å². The van der Waals surface area contributed by atoms with Crippen molar-refractivity contribution in [2.75, 3.05) is 16.2 Å². The van der Waals surface area contributed by atoms with E-state index >= 15 is 0 Å². The van der Waals surface area contributed by atoms with Crippen molar-refractivity contribution >= 4 is 60.5 Å². The Hall–Kier alpha value is -3.14. The number of sulfonamides is 1.